The highest BCUT2D eigenvalue weighted by Gasteiger charge is 2.41. The van der Waals surface area contributed by atoms with Crippen LogP contribution in [0.15, 0.2) is 24.3 Å². The lowest BCUT2D eigenvalue weighted by Gasteiger charge is -2.19. The van der Waals surface area contributed by atoms with Gasteiger partial charge in [0.05, 0.1) is 11.5 Å². The van der Waals surface area contributed by atoms with Gasteiger partial charge in [-0.1, -0.05) is 45.9 Å². The van der Waals surface area contributed by atoms with Gasteiger partial charge >= 0.3 is 6.18 Å². The molecule has 1 aliphatic rings. The van der Waals surface area contributed by atoms with Crippen LogP contribution in [0.3, 0.4) is 0 Å². The van der Waals surface area contributed by atoms with Crippen LogP contribution in [0.25, 0.3) is 0 Å². The first-order valence-electron chi connectivity index (χ1n) is 9.74. The van der Waals surface area contributed by atoms with E-state index in [0.717, 1.165) is 18.6 Å². The van der Waals surface area contributed by atoms with Crippen LogP contribution in [0.2, 0.25) is 0 Å². The third-order valence-electron chi connectivity index (χ3n) is 5.13. The summed E-state index contributed by atoms with van der Waals surface area (Å²) in [5, 5.41) is 2.89. The summed E-state index contributed by atoms with van der Waals surface area (Å²) in [7, 11) is 0. The van der Waals surface area contributed by atoms with Gasteiger partial charge in [0.15, 0.2) is 0 Å². The Bertz CT molecular complexity index is 701. The van der Waals surface area contributed by atoms with Gasteiger partial charge in [-0.15, -0.1) is 0 Å². The predicted octanol–water partition coefficient (Wildman–Crippen LogP) is 4.07. The molecule has 0 bridgehead atoms. The van der Waals surface area contributed by atoms with Crippen molar-refractivity contribution in [2.24, 2.45) is 17.8 Å². The molecule has 2 atom stereocenters. The maximum atomic E-state index is 13.1. The number of nitrogens with zero attached hydrogens (tertiary/aromatic N) is 1. The Morgan fingerprint density at radius 3 is 2.43 bits per heavy atom. The van der Waals surface area contributed by atoms with Crippen molar-refractivity contribution >= 4 is 11.8 Å². The van der Waals surface area contributed by atoms with Crippen molar-refractivity contribution in [3.63, 3.8) is 0 Å². The quantitative estimate of drug-likeness (QED) is 0.786. The van der Waals surface area contributed by atoms with Crippen LogP contribution in [0.5, 0.6) is 0 Å². The molecule has 1 fully saturated rings. The Balaban J connectivity index is 2.26. The third-order valence-corrected chi connectivity index (χ3v) is 5.13. The zero-order valence-corrected chi connectivity index (χ0v) is 16.8. The lowest BCUT2D eigenvalue weighted by Crippen LogP contribution is -2.37. The Hall–Kier alpha value is -2.05. The Labute approximate surface area is 164 Å². The number of nitrogens with one attached hydrogen (secondary N) is 1. The number of likely N-dealkylation sites (tertiary alicyclic amines) is 1. The molecule has 2 amide bonds. The molecule has 0 radical (unpaired) electrons. The topological polar surface area (TPSA) is 49.4 Å². The minimum atomic E-state index is -4.45. The molecule has 4 nitrogen and oxygen atoms in total. The van der Waals surface area contributed by atoms with Crippen LogP contribution in [0.1, 0.15) is 51.2 Å². The van der Waals surface area contributed by atoms with Crippen LogP contribution < -0.4 is 5.32 Å². The number of carbonyl (C=O) groups excluding carboxylic acids is 2. The summed E-state index contributed by atoms with van der Waals surface area (Å²) in [6, 6.07) is 5.09. The van der Waals surface area contributed by atoms with Gasteiger partial charge in [-0.05, 0) is 24.0 Å². The zero-order chi connectivity index (χ0) is 21.1. The van der Waals surface area contributed by atoms with E-state index in [1.165, 1.54) is 6.07 Å². The molecule has 0 spiro atoms. The highest BCUT2D eigenvalue weighted by molar-refractivity contribution is 5.84. The summed E-state index contributed by atoms with van der Waals surface area (Å²) in [5.41, 5.74) is -0.296. The van der Waals surface area contributed by atoms with Gasteiger partial charge < -0.3 is 10.2 Å². The maximum Gasteiger partial charge on any atom is 0.416 e. The van der Waals surface area contributed by atoms with Gasteiger partial charge in [0, 0.05) is 31.5 Å². The average molecular weight is 398 g/mol. The van der Waals surface area contributed by atoms with Crippen LogP contribution in [0.4, 0.5) is 13.2 Å². The summed E-state index contributed by atoms with van der Waals surface area (Å²) < 4.78 is 39.4. The molecule has 1 aromatic carbocycles. The minimum absolute atomic E-state index is 0.0885. The fraction of sp³-hybridized carbons (Fsp3) is 0.619. The van der Waals surface area contributed by atoms with Crippen molar-refractivity contribution in [2.45, 2.75) is 46.2 Å². The van der Waals surface area contributed by atoms with Gasteiger partial charge in [0.2, 0.25) is 11.8 Å². The highest BCUT2D eigenvalue weighted by atomic mass is 19.4. The van der Waals surface area contributed by atoms with Crippen LogP contribution >= 0.6 is 0 Å². The first-order chi connectivity index (χ1) is 13.0. The number of alkyl halides is 3. The average Bonchev–Trinajstić information content (AvgIpc) is 3.05. The van der Waals surface area contributed by atoms with Crippen LogP contribution in [0, 0.1) is 17.8 Å². The maximum absolute atomic E-state index is 13.1. The van der Waals surface area contributed by atoms with Gasteiger partial charge in [-0.2, -0.15) is 13.2 Å². The second-order valence-electron chi connectivity index (χ2n) is 8.21. The zero-order valence-electron chi connectivity index (χ0n) is 16.8. The van der Waals surface area contributed by atoms with E-state index in [9.17, 15) is 22.8 Å². The number of hydrogen-bond donors (Lipinski definition) is 1. The molecule has 1 aliphatic heterocycles. The van der Waals surface area contributed by atoms with Gasteiger partial charge in [-0.25, -0.2) is 0 Å². The molecule has 1 aromatic rings. The molecule has 28 heavy (non-hydrogen) atoms. The largest absolute Gasteiger partial charge is 0.416 e. The van der Waals surface area contributed by atoms with E-state index < -0.39 is 23.6 Å². The summed E-state index contributed by atoms with van der Waals surface area (Å²) in [6.45, 7) is 8.65. The molecule has 156 valence electrons. The Morgan fingerprint density at radius 1 is 1.18 bits per heavy atom. The lowest BCUT2D eigenvalue weighted by atomic mass is 9.87. The minimum Gasteiger partial charge on any atom is -0.356 e. The normalized spacial score (nSPS) is 20.1. The smallest absolute Gasteiger partial charge is 0.356 e. The van der Waals surface area contributed by atoms with Crippen molar-refractivity contribution in [3.8, 4) is 0 Å². The molecule has 0 unspecified atom stereocenters. The van der Waals surface area contributed by atoms with Gasteiger partial charge in [0.1, 0.15) is 0 Å². The molecule has 0 saturated carbocycles. The summed E-state index contributed by atoms with van der Waals surface area (Å²) in [6.07, 6.45) is -3.63. The van der Waals surface area contributed by atoms with Crippen molar-refractivity contribution in [1.82, 2.24) is 10.2 Å². The number of benzene rings is 1. The summed E-state index contributed by atoms with van der Waals surface area (Å²) >= 11 is 0. The van der Waals surface area contributed by atoms with Crippen molar-refractivity contribution in [1.29, 1.82) is 0 Å². The van der Waals surface area contributed by atoms with Gasteiger partial charge in [-0.3, -0.25) is 9.59 Å². The second kappa shape index (κ2) is 8.97. The first kappa shape index (κ1) is 22.2. The van der Waals surface area contributed by atoms with Crippen molar-refractivity contribution < 1.29 is 22.8 Å². The Kier molecular flexibility index (Phi) is 7.12. The summed E-state index contributed by atoms with van der Waals surface area (Å²) in [4.78, 5) is 26.8. The number of carbonyl (C=O) groups is 2. The van der Waals surface area contributed by atoms with E-state index in [1.807, 2.05) is 0 Å². The molecule has 7 heteroatoms. The fourth-order valence-electron chi connectivity index (χ4n) is 3.51. The fourth-order valence-corrected chi connectivity index (χ4v) is 3.51. The second-order valence-corrected chi connectivity index (χ2v) is 8.21. The van der Waals surface area contributed by atoms with E-state index in [2.05, 4.69) is 19.2 Å². The number of amides is 2. The SMILES string of the molecule is CC(C)CCNC(=O)[C@H]1CN(C(=O)C(C)C)C[C@@H]1c1cccc(C(F)(F)F)c1. The Morgan fingerprint density at radius 2 is 1.86 bits per heavy atom. The van der Waals surface area contributed by atoms with Gasteiger partial charge in [0.25, 0.3) is 0 Å². The molecule has 0 aromatic heterocycles. The predicted molar refractivity (Wildman–Crippen MR) is 102 cm³/mol. The lowest BCUT2D eigenvalue weighted by molar-refractivity contribution is -0.137. The van der Waals surface area contributed by atoms with Crippen molar-refractivity contribution in [2.75, 3.05) is 19.6 Å². The molecular weight excluding hydrogens is 369 g/mol. The van der Waals surface area contributed by atoms with E-state index in [4.69, 9.17) is 0 Å². The van der Waals surface area contributed by atoms with E-state index in [0.29, 0.717) is 18.0 Å². The molecular formula is C21H29F3N2O2. The first-order valence-corrected chi connectivity index (χ1v) is 9.74. The molecule has 1 heterocycles. The van der Waals surface area contributed by atoms with E-state index in [1.54, 1.807) is 24.8 Å². The third kappa shape index (κ3) is 5.49. The van der Waals surface area contributed by atoms with E-state index >= 15 is 0 Å². The van der Waals surface area contributed by atoms with Crippen LogP contribution in [-0.2, 0) is 15.8 Å². The number of halogens is 3. The summed E-state index contributed by atoms with van der Waals surface area (Å²) in [5.74, 6) is -1.11. The standard InChI is InChI=1S/C21H29F3N2O2/c1-13(2)8-9-25-19(27)18-12-26(20(28)14(3)4)11-17(18)15-6-5-7-16(10-15)21(22,23)24/h5-7,10,13-14,17-18H,8-9,11-12H2,1-4H3,(H,25,27)/t17-,18+/m1/s1. The highest BCUT2D eigenvalue weighted by Crippen LogP contribution is 2.37. The van der Waals surface area contributed by atoms with Crippen molar-refractivity contribution in [3.05, 3.63) is 35.4 Å². The molecule has 1 N–H and O–H groups in total. The van der Waals surface area contributed by atoms with Crippen LogP contribution in [-0.4, -0.2) is 36.3 Å². The molecule has 1 saturated heterocycles. The molecule has 2 rings (SSSR count). The number of rotatable bonds is 6. The van der Waals surface area contributed by atoms with E-state index in [-0.39, 0.29) is 30.8 Å². The number of hydrogen-bond acceptors (Lipinski definition) is 2. The monoisotopic (exact) mass is 398 g/mol. The molecule has 0 aliphatic carbocycles.